The van der Waals surface area contributed by atoms with Crippen molar-refractivity contribution in [3.8, 4) is 6.07 Å². The maximum Gasteiger partial charge on any atom is 0.109 e. The average Bonchev–Trinajstić information content (AvgIpc) is 2.96. The molecule has 0 amide bonds. The van der Waals surface area contributed by atoms with Gasteiger partial charge in [0, 0.05) is 18.9 Å². The SMILES string of the molecule is CCNC1(C#N)CCC(OCC2CCOC2)C1. The maximum absolute atomic E-state index is 9.26. The number of hydrogen-bond acceptors (Lipinski definition) is 4. The second kappa shape index (κ2) is 5.81. The van der Waals surface area contributed by atoms with Gasteiger partial charge in [-0.3, -0.25) is 5.32 Å². The van der Waals surface area contributed by atoms with E-state index in [-0.39, 0.29) is 11.6 Å². The van der Waals surface area contributed by atoms with Crippen molar-refractivity contribution in [1.82, 2.24) is 5.32 Å². The van der Waals surface area contributed by atoms with E-state index >= 15 is 0 Å². The molecule has 0 aromatic rings. The standard InChI is InChI=1S/C13H22N2O2/c1-2-15-13(10-14)5-3-12(7-13)17-9-11-4-6-16-8-11/h11-12,15H,2-9H2,1H3. The Morgan fingerprint density at radius 2 is 2.41 bits per heavy atom. The Morgan fingerprint density at radius 1 is 1.53 bits per heavy atom. The van der Waals surface area contributed by atoms with Crippen LogP contribution in [0.2, 0.25) is 0 Å². The van der Waals surface area contributed by atoms with Gasteiger partial charge in [-0.05, 0) is 25.8 Å². The van der Waals surface area contributed by atoms with Crippen molar-refractivity contribution in [2.75, 3.05) is 26.4 Å². The van der Waals surface area contributed by atoms with Crippen molar-refractivity contribution in [2.45, 2.75) is 44.2 Å². The third kappa shape index (κ3) is 3.19. The minimum atomic E-state index is -0.342. The van der Waals surface area contributed by atoms with Gasteiger partial charge in [0.1, 0.15) is 5.54 Å². The third-order valence-electron chi connectivity index (χ3n) is 3.79. The van der Waals surface area contributed by atoms with Crippen LogP contribution in [-0.2, 0) is 9.47 Å². The van der Waals surface area contributed by atoms with Crippen molar-refractivity contribution in [3.63, 3.8) is 0 Å². The van der Waals surface area contributed by atoms with Crippen LogP contribution in [0.15, 0.2) is 0 Å². The molecule has 1 N–H and O–H groups in total. The Kier molecular flexibility index (Phi) is 4.38. The van der Waals surface area contributed by atoms with Gasteiger partial charge in [0.15, 0.2) is 0 Å². The van der Waals surface area contributed by atoms with Crippen molar-refractivity contribution in [3.05, 3.63) is 0 Å². The number of ether oxygens (including phenoxy) is 2. The van der Waals surface area contributed by atoms with Gasteiger partial charge in [-0.15, -0.1) is 0 Å². The lowest BCUT2D eigenvalue weighted by atomic mass is 10.00. The molecule has 0 bridgehead atoms. The number of nitriles is 1. The first kappa shape index (κ1) is 12.8. The third-order valence-corrected chi connectivity index (χ3v) is 3.79. The van der Waals surface area contributed by atoms with E-state index in [9.17, 15) is 5.26 Å². The van der Waals surface area contributed by atoms with E-state index in [1.165, 1.54) is 0 Å². The van der Waals surface area contributed by atoms with Crippen LogP contribution in [0.3, 0.4) is 0 Å². The molecule has 0 aromatic heterocycles. The summed E-state index contributed by atoms with van der Waals surface area (Å²) in [4.78, 5) is 0. The normalized spacial score (nSPS) is 37.2. The maximum atomic E-state index is 9.26. The molecular formula is C13H22N2O2. The van der Waals surface area contributed by atoms with Gasteiger partial charge in [-0.2, -0.15) is 5.26 Å². The van der Waals surface area contributed by atoms with E-state index in [4.69, 9.17) is 9.47 Å². The Morgan fingerprint density at radius 3 is 3.06 bits per heavy atom. The lowest BCUT2D eigenvalue weighted by Crippen LogP contribution is -2.42. The zero-order valence-electron chi connectivity index (χ0n) is 10.6. The van der Waals surface area contributed by atoms with Crippen molar-refractivity contribution < 1.29 is 9.47 Å². The van der Waals surface area contributed by atoms with E-state index in [1.54, 1.807) is 0 Å². The Balaban J connectivity index is 1.75. The summed E-state index contributed by atoms with van der Waals surface area (Å²) in [7, 11) is 0. The molecule has 3 atom stereocenters. The van der Waals surface area contributed by atoms with Crippen molar-refractivity contribution in [1.29, 1.82) is 5.26 Å². The molecule has 1 aliphatic carbocycles. The van der Waals surface area contributed by atoms with Gasteiger partial charge in [-0.25, -0.2) is 0 Å². The summed E-state index contributed by atoms with van der Waals surface area (Å²) in [5.74, 6) is 0.561. The fraction of sp³-hybridized carbons (Fsp3) is 0.923. The summed E-state index contributed by atoms with van der Waals surface area (Å²) in [6.45, 7) is 5.39. The molecule has 1 aliphatic heterocycles. The fourth-order valence-corrected chi connectivity index (χ4v) is 2.77. The van der Waals surface area contributed by atoms with E-state index in [1.807, 2.05) is 6.92 Å². The number of nitrogens with zero attached hydrogens (tertiary/aromatic N) is 1. The van der Waals surface area contributed by atoms with Crippen LogP contribution in [0.25, 0.3) is 0 Å². The van der Waals surface area contributed by atoms with Crippen LogP contribution < -0.4 is 5.32 Å². The minimum absolute atomic E-state index is 0.245. The Hall–Kier alpha value is -0.630. The van der Waals surface area contributed by atoms with Crippen LogP contribution in [0, 0.1) is 17.2 Å². The fourth-order valence-electron chi connectivity index (χ4n) is 2.77. The van der Waals surface area contributed by atoms with E-state index in [0.717, 1.165) is 52.0 Å². The molecule has 4 heteroatoms. The Bertz CT molecular complexity index is 284. The monoisotopic (exact) mass is 238 g/mol. The van der Waals surface area contributed by atoms with Gasteiger partial charge in [-0.1, -0.05) is 6.92 Å². The summed E-state index contributed by atoms with van der Waals surface area (Å²) < 4.78 is 11.2. The highest BCUT2D eigenvalue weighted by Gasteiger charge is 2.39. The summed E-state index contributed by atoms with van der Waals surface area (Å²) in [6.07, 6.45) is 4.08. The highest BCUT2D eigenvalue weighted by molar-refractivity contribution is 5.12. The highest BCUT2D eigenvalue weighted by atomic mass is 16.5. The van der Waals surface area contributed by atoms with Crippen LogP contribution in [-0.4, -0.2) is 38.0 Å². The second-order valence-corrected chi connectivity index (χ2v) is 5.15. The van der Waals surface area contributed by atoms with Crippen LogP contribution in [0.4, 0.5) is 0 Å². The van der Waals surface area contributed by atoms with E-state index in [2.05, 4.69) is 11.4 Å². The lowest BCUT2D eigenvalue weighted by Gasteiger charge is -2.22. The molecular weight excluding hydrogens is 216 g/mol. The molecule has 3 unspecified atom stereocenters. The molecule has 17 heavy (non-hydrogen) atoms. The van der Waals surface area contributed by atoms with E-state index in [0.29, 0.717) is 5.92 Å². The number of rotatable bonds is 5. The molecule has 2 aliphatic rings. The molecule has 0 aromatic carbocycles. The van der Waals surface area contributed by atoms with Crippen LogP contribution in [0.5, 0.6) is 0 Å². The predicted molar refractivity (Wildman–Crippen MR) is 64.5 cm³/mol. The molecule has 0 spiro atoms. The zero-order valence-corrected chi connectivity index (χ0v) is 10.6. The quantitative estimate of drug-likeness (QED) is 0.788. The average molecular weight is 238 g/mol. The molecule has 96 valence electrons. The zero-order chi connectivity index (χ0) is 12.1. The van der Waals surface area contributed by atoms with Gasteiger partial charge in [0.05, 0.1) is 25.4 Å². The number of nitrogens with one attached hydrogen (secondary N) is 1. The molecule has 1 saturated heterocycles. The van der Waals surface area contributed by atoms with Gasteiger partial charge in [0.2, 0.25) is 0 Å². The molecule has 1 saturated carbocycles. The van der Waals surface area contributed by atoms with Gasteiger partial charge in [0.25, 0.3) is 0 Å². The molecule has 1 heterocycles. The topological polar surface area (TPSA) is 54.3 Å². The van der Waals surface area contributed by atoms with Crippen LogP contribution >= 0.6 is 0 Å². The Labute approximate surface area is 103 Å². The minimum Gasteiger partial charge on any atom is -0.381 e. The first-order valence-electron chi connectivity index (χ1n) is 6.63. The number of hydrogen-bond donors (Lipinski definition) is 1. The first-order chi connectivity index (χ1) is 8.28. The van der Waals surface area contributed by atoms with E-state index < -0.39 is 0 Å². The largest absolute Gasteiger partial charge is 0.381 e. The summed E-state index contributed by atoms with van der Waals surface area (Å²) >= 11 is 0. The van der Waals surface area contributed by atoms with Crippen molar-refractivity contribution in [2.24, 2.45) is 5.92 Å². The van der Waals surface area contributed by atoms with Crippen LogP contribution in [0.1, 0.15) is 32.6 Å². The molecule has 2 rings (SSSR count). The van der Waals surface area contributed by atoms with Crippen molar-refractivity contribution >= 4 is 0 Å². The first-order valence-corrected chi connectivity index (χ1v) is 6.63. The second-order valence-electron chi connectivity index (χ2n) is 5.15. The molecule has 2 fully saturated rings. The summed E-state index contributed by atoms with van der Waals surface area (Å²) in [5, 5.41) is 12.6. The molecule has 0 radical (unpaired) electrons. The smallest absolute Gasteiger partial charge is 0.109 e. The predicted octanol–water partition coefficient (Wildman–Crippen LogP) is 1.46. The lowest BCUT2D eigenvalue weighted by molar-refractivity contribution is 0.0276. The molecule has 4 nitrogen and oxygen atoms in total. The summed E-state index contributed by atoms with van der Waals surface area (Å²) in [5.41, 5.74) is -0.342. The van der Waals surface area contributed by atoms with Gasteiger partial charge < -0.3 is 9.47 Å². The highest BCUT2D eigenvalue weighted by Crippen LogP contribution is 2.32. The van der Waals surface area contributed by atoms with Gasteiger partial charge >= 0.3 is 0 Å². The summed E-state index contributed by atoms with van der Waals surface area (Å²) in [6, 6.07) is 2.42.